The van der Waals surface area contributed by atoms with Crippen molar-refractivity contribution in [3.63, 3.8) is 0 Å². The number of nitrogens with one attached hydrogen (secondary N) is 1. The Labute approximate surface area is 116 Å². The van der Waals surface area contributed by atoms with Gasteiger partial charge in [0.05, 0.1) is 0 Å². The fourth-order valence-corrected chi connectivity index (χ4v) is 2.39. The van der Waals surface area contributed by atoms with Crippen LogP contribution in [0.4, 0.5) is 4.39 Å². The summed E-state index contributed by atoms with van der Waals surface area (Å²) in [6.45, 7) is 1.92. The molecule has 0 bridgehead atoms. The lowest BCUT2D eigenvalue weighted by Crippen LogP contribution is -2.29. The zero-order chi connectivity index (χ0) is 14.1. The summed E-state index contributed by atoms with van der Waals surface area (Å²) in [5, 5.41) is 0.997. The molecule has 2 aromatic carbocycles. The molecule has 3 rings (SSSR count). The first-order chi connectivity index (χ1) is 9.69. The number of aryl methyl sites for hydroxylation is 1. The van der Waals surface area contributed by atoms with E-state index in [0.29, 0.717) is 5.76 Å². The van der Waals surface area contributed by atoms with E-state index in [1.165, 1.54) is 12.1 Å². The minimum Gasteiger partial charge on any atom is -0.459 e. The average molecular weight is 270 g/mol. The Morgan fingerprint density at radius 1 is 1.15 bits per heavy atom. The van der Waals surface area contributed by atoms with Gasteiger partial charge in [-0.15, -0.1) is 0 Å². The number of benzene rings is 2. The van der Waals surface area contributed by atoms with E-state index in [-0.39, 0.29) is 11.9 Å². The van der Waals surface area contributed by atoms with Gasteiger partial charge in [0.15, 0.2) is 0 Å². The smallest absolute Gasteiger partial charge is 0.134 e. The van der Waals surface area contributed by atoms with Gasteiger partial charge in [-0.1, -0.05) is 24.3 Å². The summed E-state index contributed by atoms with van der Waals surface area (Å²) in [6.07, 6.45) is 0. The topological polar surface area (TPSA) is 51.2 Å². The molecule has 0 saturated carbocycles. The van der Waals surface area contributed by atoms with Crippen molar-refractivity contribution in [1.29, 1.82) is 0 Å². The van der Waals surface area contributed by atoms with E-state index in [9.17, 15) is 4.39 Å². The van der Waals surface area contributed by atoms with Crippen molar-refractivity contribution >= 4 is 11.0 Å². The molecule has 4 heteroatoms. The quantitative estimate of drug-likeness (QED) is 0.566. The summed E-state index contributed by atoms with van der Waals surface area (Å²) in [4.78, 5) is 0. The summed E-state index contributed by atoms with van der Waals surface area (Å²) >= 11 is 0. The van der Waals surface area contributed by atoms with E-state index in [1.807, 2.05) is 37.3 Å². The van der Waals surface area contributed by atoms with Crippen molar-refractivity contribution in [2.24, 2.45) is 5.84 Å². The van der Waals surface area contributed by atoms with Crippen LogP contribution < -0.4 is 11.3 Å². The van der Waals surface area contributed by atoms with Crippen molar-refractivity contribution in [1.82, 2.24) is 5.43 Å². The molecule has 3 N–H and O–H groups in total. The van der Waals surface area contributed by atoms with Gasteiger partial charge in [0.2, 0.25) is 0 Å². The predicted octanol–water partition coefficient (Wildman–Crippen LogP) is 3.43. The standard InChI is InChI=1S/C16H15FN2O/c1-10-6-7-12(17)9-13(10)16(19-18)15-8-11-4-2-3-5-14(11)20-15/h2-9,16,19H,18H2,1H3. The molecule has 0 aliphatic heterocycles. The molecule has 0 saturated heterocycles. The van der Waals surface area contributed by atoms with Crippen LogP contribution in [-0.4, -0.2) is 0 Å². The number of hydrazine groups is 1. The predicted molar refractivity (Wildman–Crippen MR) is 76.5 cm³/mol. The van der Waals surface area contributed by atoms with Gasteiger partial charge < -0.3 is 4.42 Å². The Hall–Kier alpha value is -2.17. The Kier molecular flexibility index (Phi) is 3.26. The van der Waals surface area contributed by atoms with Crippen LogP contribution >= 0.6 is 0 Å². The fourth-order valence-electron chi connectivity index (χ4n) is 2.39. The Bertz CT molecular complexity index is 718. The molecule has 0 radical (unpaired) electrons. The van der Waals surface area contributed by atoms with Crippen LogP contribution in [-0.2, 0) is 0 Å². The number of halogens is 1. The van der Waals surface area contributed by atoms with Crippen LogP contribution in [0, 0.1) is 12.7 Å². The van der Waals surface area contributed by atoms with Gasteiger partial charge in [-0.05, 0) is 42.3 Å². The minimum absolute atomic E-state index is 0.290. The molecular weight excluding hydrogens is 255 g/mol. The van der Waals surface area contributed by atoms with E-state index in [4.69, 9.17) is 10.3 Å². The molecular formula is C16H15FN2O. The number of para-hydroxylation sites is 1. The molecule has 0 amide bonds. The molecule has 1 unspecified atom stereocenters. The van der Waals surface area contributed by atoms with E-state index in [2.05, 4.69) is 5.43 Å². The molecule has 0 aliphatic rings. The lowest BCUT2D eigenvalue weighted by atomic mass is 9.99. The molecule has 0 spiro atoms. The van der Waals surface area contributed by atoms with Gasteiger partial charge >= 0.3 is 0 Å². The lowest BCUT2D eigenvalue weighted by Gasteiger charge is -2.16. The number of fused-ring (bicyclic) bond motifs is 1. The van der Waals surface area contributed by atoms with E-state index in [1.54, 1.807) is 6.07 Å². The third-order valence-electron chi connectivity index (χ3n) is 3.45. The van der Waals surface area contributed by atoms with Gasteiger partial charge in [0.1, 0.15) is 23.2 Å². The number of nitrogens with two attached hydrogens (primary N) is 1. The molecule has 1 heterocycles. The van der Waals surface area contributed by atoms with Gasteiger partial charge in [-0.2, -0.15) is 0 Å². The maximum atomic E-state index is 13.5. The zero-order valence-corrected chi connectivity index (χ0v) is 11.1. The lowest BCUT2D eigenvalue weighted by molar-refractivity contribution is 0.474. The summed E-state index contributed by atoms with van der Waals surface area (Å²) in [7, 11) is 0. The van der Waals surface area contributed by atoms with Crippen molar-refractivity contribution in [3.05, 3.63) is 71.2 Å². The molecule has 0 fully saturated rings. The monoisotopic (exact) mass is 270 g/mol. The highest BCUT2D eigenvalue weighted by Crippen LogP contribution is 2.29. The molecule has 20 heavy (non-hydrogen) atoms. The highest BCUT2D eigenvalue weighted by Gasteiger charge is 2.19. The SMILES string of the molecule is Cc1ccc(F)cc1C(NN)c1cc2ccccc2o1. The second-order valence-electron chi connectivity index (χ2n) is 4.79. The van der Waals surface area contributed by atoms with Gasteiger partial charge in [-0.25, -0.2) is 9.82 Å². The summed E-state index contributed by atoms with van der Waals surface area (Å²) in [6, 6.07) is 13.9. The first-order valence-electron chi connectivity index (χ1n) is 6.39. The Morgan fingerprint density at radius 2 is 1.95 bits per heavy atom. The molecule has 102 valence electrons. The Balaban J connectivity index is 2.11. The third kappa shape index (κ3) is 2.19. The van der Waals surface area contributed by atoms with Crippen molar-refractivity contribution in [3.8, 4) is 0 Å². The maximum absolute atomic E-state index is 13.5. The highest BCUT2D eigenvalue weighted by atomic mass is 19.1. The van der Waals surface area contributed by atoms with Crippen LogP contribution in [0.3, 0.4) is 0 Å². The third-order valence-corrected chi connectivity index (χ3v) is 3.45. The normalized spacial score (nSPS) is 12.8. The van der Waals surface area contributed by atoms with Gasteiger partial charge in [0, 0.05) is 5.39 Å². The number of furan rings is 1. The van der Waals surface area contributed by atoms with E-state index in [0.717, 1.165) is 22.1 Å². The summed E-state index contributed by atoms with van der Waals surface area (Å²) in [5.74, 6) is 6.02. The van der Waals surface area contributed by atoms with Crippen LogP contribution in [0.2, 0.25) is 0 Å². The first kappa shape index (κ1) is 12.8. The Morgan fingerprint density at radius 3 is 2.70 bits per heavy atom. The number of rotatable bonds is 3. The van der Waals surface area contributed by atoms with Crippen LogP contribution in [0.25, 0.3) is 11.0 Å². The summed E-state index contributed by atoms with van der Waals surface area (Å²) in [5.41, 5.74) is 5.22. The van der Waals surface area contributed by atoms with Crippen LogP contribution in [0.1, 0.15) is 22.9 Å². The number of hydrogen-bond acceptors (Lipinski definition) is 3. The van der Waals surface area contributed by atoms with Gasteiger partial charge in [-0.3, -0.25) is 5.84 Å². The molecule has 0 aliphatic carbocycles. The van der Waals surface area contributed by atoms with Gasteiger partial charge in [0.25, 0.3) is 0 Å². The van der Waals surface area contributed by atoms with Crippen LogP contribution in [0.5, 0.6) is 0 Å². The zero-order valence-electron chi connectivity index (χ0n) is 11.1. The van der Waals surface area contributed by atoms with E-state index < -0.39 is 0 Å². The molecule has 1 atom stereocenters. The maximum Gasteiger partial charge on any atom is 0.134 e. The molecule has 3 nitrogen and oxygen atoms in total. The van der Waals surface area contributed by atoms with Crippen LogP contribution in [0.15, 0.2) is 52.9 Å². The highest BCUT2D eigenvalue weighted by molar-refractivity contribution is 5.78. The number of hydrogen-bond donors (Lipinski definition) is 2. The van der Waals surface area contributed by atoms with Crippen molar-refractivity contribution in [2.45, 2.75) is 13.0 Å². The first-order valence-corrected chi connectivity index (χ1v) is 6.39. The second-order valence-corrected chi connectivity index (χ2v) is 4.79. The largest absolute Gasteiger partial charge is 0.459 e. The minimum atomic E-state index is -0.377. The summed E-state index contributed by atoms with van der Waals surface area (Å²) < 4.78 is 19.3. The second kappa shape index (κ2) is 5.07. The average Bonchev–Trinajstić information content (AvgIpc) is 2.87. The van der Waals surface area contributed by atoms with Crippen molar-refractivity contribution < 1.29 is 8.81 Å². The molecule has 1 aromatic heterocycles. The van der Waals surface area contributed by atoms with Crippen molar-refractivity contribution in [2.75, 3.05) is 0 Å². The fraction of sp³-hybridized carbons (Fsp3) is 0.125. The van der Waals surface area contributed by atoms with E-state index >= 15 is 0 Å². The molecule has 3 aromatic rings.